The lowest BCUT2D eigenvalue weighted by Gasteiger charge is -2.29. The summed E-state index contributed by atoms with van der Waals surface area (Å²) in [4.78, 5) is 11.1. The minimum absolute atomic E-state index is 0.0319. The predicted molar refractivity (Wildman–Crippen MR) is 119 cm³/mol. The zero-order valence-electron chi connectivity index (χ0n) is 18.6. The van der Waals surface area contributed by atoms with Crippen molar-refractivity contribution in [2.75, 3.05) is 30.9 Å². The number of methoxy groups -OCH3 is 1. The number of fused-ring (bicyclic) bond motifs is 1. The van der Waals surface area contributed by atoms with Crippen molar-refractivity contribution in [1.82, 2.24) is 24.9 Å². The average Bonchev–Trinajstić information content (AvgIpc) is 3.29. The molecule has 2 aromatic rings. The summed E-state index contributed by atoms with van der Waals surface area (Å²) in [5.41, 5.74) is -0.0730. The summed E-state index contributed by atoms with van der Waals surface area (Å²) >= 11 is 0.219. The van der Waals surface area contributed by atoms with Gasteiger partial charge in [-0.15, -0.1) is 5.10 Å². The van der Waals surface area contributed by atoms with E-state index >= 15 is 0 Å². The number of nitrogens with one attached hydrogen (secondary N) is 3. The van der Waals surface area contributed by atoms with Gasteiger partial charge in [0.05, 0.1) is 12.3 Å². The molecule has 0 aliphatic carbocycles. The Morgan fingerprint density at radius 3 is 2.58 bits per heavy atom. The predicted octanol–water partition coefficient (Wildman–Crippen LogP) is 3.98. The van der Waals surface area contributed by atoms with E-state index in [4.69, 9.17) is 4.74 Å². The van der Waals surface area contributed by atoms with Crippen molar-refractivity contribution in [1.29, 1.82) is 0 Å². The number of aliphatic imine (C=N–C) groups is 1. The zero-order valence-corrected chi connectivity index (χ0v) is 19.4. The molecule has 0 amide bonds. The van der Waals surface area contributed by atoms with Crippen LogP contribution < -0.4 is 16.0 Å². The summed E-state index contributed by atoms with van der Waals surface area (Å²) in [7, 11) is 1.45. The normalized spacial score (nSPS) is 17.8. The molecule has 4 heterocycles. The van der Waals surface area contributed by atoms with Gasteiger partial charge in [0.25, 0.3) is 0 Å². The average molecular weight is 532 g/mol. The molecule has 0 saturated carbocycles. The van der Waals surface area contributed by atoms with E-state index in [2.05, 4.69) is 40.5 Å². The van der Waals surface area contributed by atoms with Crippen LogP contribution in [0.25, 0.3) is 0 Å². The van der Waals surface area contributed by atoms with Gasteiger partial charge in [-0.2, -0.15) is 31.3 Å². The number of ether oxygens (including phenoxy) is 1. The first kappa shape index (κ1) is 25.6. The van der Waals surface area contributed by atoms with E-state index in [1.54, 1.807) is 13.0 Å². The summed E-state index contributed by atoms with van der Waals surface area (Å²) in [6.45, 7) is 1.93. The monoisotopic (exact) mass is 532 g/mol. The fourth-order valence-electron chi connectivity index (χ4n) is 3.44. The van der Waals surface area contributed by atoms with E-state index in [-0.39, 0.29) is 36.3 Å². The molecule has 1 unspecified atom stereocenters. The SMILES string of the molecule is CCNc1nc(NC2=C3C=CC(c4nnsc4C(F)(F)F)=NC3NC(COC)=C2)ncc1C(F)(F)F. The first-order chi connectivity index (χ1) is 17.0. The van der Waals surface area contributed by atoms with Crippen molar-refractivity contribution in [3.05, 3.63) is 57.5 Å². The van der Waals surface area contributed by atoms with Gasteiger partial charge in [0.15, 0.2) is 4.88 Å². The fourth-order valence-corrected chi connectivity index (χ4v) is 3.98. The zero-order chi connectivity index (χ0) is 26.1. The maximum Gasteiger partial charge on any atom is 0.429 e. The van der Waals surface area contributed by atoms with E-state index in [0.717, 1.165) is 0 Å². The van der Waals surface area contributed by atoms with E-state index in [9.17, 15) is 26.3 Å². The lowest BCUT2D eigenvalue weighted by atomic mass is 10.0. The van der Waals surface area contributed by atoms with Gasteiger partial charge in [-0.3, -0.25) is 4.99 Å². The molecule has 3 N–H and O–H groups in total. The van der Waals surface area contributed by atoms with E-state index in [0.29, 0.717) is 23.2 Å². The van der Waals surface area contributed by atoms with Crippen LogP contribution in [0.3, 0.4) is 0 Å². The summed E-state index contributed by atoms with van der Waals surface area (Å²) in [5, 5.41) is 12.1. The second-order valence-electron chi connectivity index (χ2n) is 7.42. The summed E-state index contributed by atoms with van der Waals surface area (Å²) in [5.74, 6) is -0.517. The Morgan fingerprint density at radius 1 is 1.14 bits per heavy atom. The van der Waals surface area contributed by atoms with Crippen molar-refractivity contribution in [3.63, 3.8) is 0 Å². The van der Waals surface area contributed by atoms with Gasteiger partial charge in [-0.1, -0.05) is 10.6 Å². The number of dihydropyridines is 2. The Morgan fingerprint density at radius 2 is 1.92 bits per heavy atom. The van der Waals surface area contributed by atoms with Crippen molar-refractivity contribution in [2.24, 2.45) is 4.99 Å². The van der Waals surface area contributed by atoms with Gasteiger partial charge in [0.1, 0.15) is 23.2 Å². The van der Waals surface area contributed by atoms with Crippen LogP contribution in [0.1, 0.15) is 23.1 Å². The Hall–Kier alpha value is -3.53. The molecule has 0 spiro atoms. The minimum Gasteiger partial charge on any atom is -0.378 e. The number of allylic oxidation sites excluding steroid dienone is 2. The lowest BCUT2D eigenvalue weighted by molar-refractivity contribution is -0.137. The largest absolute Gasteiger partial charge is 0.429 e. The van der Waals surface area contributed by atoms with Gasteiger partial charge in [-0.05, 0) is 30.6 Å². The summed E-state index contributed by atoms with van der Waals surface area (Å²) < 4.78 is 88.4. The molecule has 2 aromatic heterocycles. The van der Waals surface area contributed by atoms with Crippen LogP contribution in [-0.4, -0.2) is 51.7 Å². The first-order valence-electron chi connectivity index (χ1n) is 10.3. The van der Waals surface area contributed by atoms with Gasteiger partial charge < -0.3 is 20.7 Å². The summed E-state index contributed by atoms with van der Waals surface area (Å²) in [6, 6.07) is 0. The standard InChI is InChI=1S/C20H18F6N8OS/c1-3-27-17-11(19(21,22)23)7-28-18(32-17)31-13-6-9(8-35-2)29-16-10(13)4-5-12(30-16)14-15(20(24,25)26)36-34-33-14/h4-7,16,29H,3,8H2,1-2H3,(H2,27,28,31,32). The lowest BCUT2D eigenvalue weighted by Crippen LogP contribution is -2.37. The number of nitrogens with zero attached hydrogens (tertiary/aromatic N) is 5. The topological polar surface area (TPSA) is 109 Å². The Kier molecular flexibility index (Phi) is 6.99. The first-order valence-corrected chi connectivity index (χ1v) is 11.1. The van der Waals surface area contributed by atoms with Crippen molar-refractivity contribution in [3.8, 4) is 0 Å². The van der Waals surface area contributed by atoms with Crippen LogP contribution in [0.15, 0.2) is 46.4 Å². The van der Waals surface area contributed by atoms with Crippen molar-refractivity contribution < 1.29 is 31.1 Å². The number of halogens is 6. The highest BCUT2D eigenvalue weighted by atomic mass is 32.1. The molecule has 9 nitrogen and oxygen atoms in total. The molecule has 192 valence electrons. The second-order valence-corrected chi connectivity index (χ2v) is 8.18. The molecule has 4 rings (SSSR count). The van der Waals surface area contributed by atoms with Crippen LogP contribution in [-0.2, 0) is 17.1 Å². The molecule has 36 heavy (non-hydrogen) atoms. The molecule has 1 atom stereocenters. The fraction of sp³-hybridized carbons (Fsp3) is 0.350. The molecule has 0 bridgehead atoms. The Labute approximate surface area is 204 Å². The van der Waals surface area contributed by atoms with Crippen molar-refractivity contribution in [2.45, 2.75) is 25.4 Å². The van der Waals surface area contributed by atoms with Crippen LogP contribution >= 0.6 is 11.5 Å². The molecule has 0 fully saturated rings. The Balaban J connectivity index is 1.70. The van der Waals surface area contributed by atoms with Crippen LogP contribution in [0.5, 0.6) is 0 Å². The van der Waals surface area contributed by atoms with E-state index in [1.165, 1.54) is 19.3 Å². The minimum atomic E-state index is -4.65. The van der Waals surface area contributed by atoms with Gasteiger partial charge in [0, 0.05) is 36.8 Å². The van der Waals surface area contributed by atoms with Crippen LogP contribution in [0, 0.1) is 0 Å². The molecule has 0 radical (unpaired) electrons. The van der Waals surface area contributed by atoms with Crippen molar-refractivity contribution >= 4 is 29.0 Å². The van der Waals surface area contributed by atoms with E-state index < -0.39 is 40.5 Å². The van der Waals surface area contributed by atoms with Crippen LogP contribution in [0.2, 0.25) is 0 Å². The maximum atomic E-state index is 13.3. The highest BCUT2D eigenvalue weighted by Gasteiger charge is 2.39. The van der Waals surface area contributed by atoms with Gasteiger partial charge in [-0.25, -0.2) is 4.98 Å². The molecule has 0 saturated heterocycles. The summed E-state index contributed by atoms with van der Waals surface area (Å²) in [6.07, 6.45) is -4.97. The van der Waals surface area contributed by atoms with Crippen LogP contribution in [0.4, 0.5) is 38.1 Å². The molecule has 16 heteroatoms. The second kappa shape index (κ2) is 9.85. The third-order valence-electron chi connectivity index (χ3n) is 4.91. The third kappa shape index (κ3) is 5.33. The number of aromatic nitrogens is 4. The third-order valence-corrected chi connectivity index (χ3v) is 5.68. The number of hydrogen-bond donors (Lipinski definition) is 3. The number of rotatable bonds is 7. The molecular formula is C20H18F6N8OS. The Bertz CT molecular complexity index is 1260. The smallest absolute Gasteiger partial charge is 0.378 e. The van der Waals surface area contributed by atoms with Gasteiger partial charge in [0.2, 0.25) is 5.95 Å². The molecule has 2 aliphatic rings. The maximum absolute atomic E-state index is 13.3. The molecule has 2 aliphatic heterocycles. The van der Waals surface area contributed by atoms with E-state index in [1.807, 2.05) is 0 Å². The number of hydrogen-bond acceptors (Lipinski definition) is 10. The van der Waals surface area contributed by atoms with Gasteiger partial charge >= 0.3 is 12.4 Å². The number of anilines is 2. The highest BCUT2D eigenvalue weighted by Crippen LogP contribution is 2.36. The molecular weight excluding hydrogens is 514 g/mol. The molecule has 0 aromatic carbocycles. The quantitative estimate of drug-likeness (QED) is 0.460. The number of alkyl halides is 6. The highest BCUT2D eigenvalue weighted by molar-refractivity contribution is 7.06.